The molecule has 6 nitrogen and oxygen atoms in total. The molecule has 0 aliphatic rings. The van der Waals surface area contributed by atoms with E-state index in [2.05, 4.69) is 10.1 Å². The molecule has 96 valence electrons. The van der Waals surface area contributed by atoms with Gasteiger partial charge in [0.15, 0.2) is 0 Å². The highest BCUT2D eigenvalue weighted by molar-refractivity contribution is 5.68. The molecule has 0 aromatic carbocycles. The number of alkyl carbamates (subject to hydrolysis) is 1. The molecular formula is C10H21NO5. The molecule has 0 rings (SSSR count). The molecule has 0 saturated heterocycles. The minimum Gasteiger partial charge on any atom is -0.444 e. The lowest BCUT2D eigenvalue weighted by Crippen LogP contribution is -2.43. The summed E-state index contributed by atoms with van der Waals surface area (Å²) in [7, 11) is 1.50. The predicted molar refractivity (Wildman–Crippen MR) is 58.1 cm³/mol. The van der Waals surface area contributed by atoms with Crippen LogP contribution in [0, 0.1) is 0 Å². The molecular weight excluding hydrogens is 214 g/mol. The van der Waals surface area contributed by atoms with Gasteiger partial charge in [-0.1, -0.05) is 0 Å². The molecule has 2 N–H and O–H groups in total. The predicted octanol–water partition coefficient (Wildman–Crippen LogP) is 0.493. The van der Waals surface area contributed by atoms with Gasteiger partial charge in [-0.05, 0) is 20.8 Å². The quantitative estimate of drug-likeness (QED) is 0.517. The fraction of sp³-hybridized carbons (Fsp3) is 0.900. The molecule has 0 aliphatic carbocycles. The van der Waals surface area contributed by atoms with Gasteiger partial charge in [-0.15, -0.1) is 0 Å². The standard InChI is InChI=1S/C10H21NO5/c1-10(2,3)16-9(13)11-8(5-12)6-15-7-14-4/h8,12H,5-7H2,1-4H3,(H,11,13)/t8-/m0/s1. The molecule has 16 heavy (non-hydrogen) atoms. The van der Waals surface area contributed by atoms with Crippen LogP contribution in [0.4, 0.5) is 4.79 Å². The van der Waals surface area contributed by atoms with E-state index in [9.17, 15) is 4.79 Å². The van der Waals surface area contributed by atoms with Crippen molar-refractivity contribution in [2.24, 2.45) is 0 Å². The highest BCUT2D eigenvalue weighted by atomic mass is 16.7. The second kappa shape index (κ2) is 7.43. The Morgan fingerprint density at radius 1 is 1.44 bits per heavy atom. The van der Waals surface area contributed by atoms with Gasteiger partial charge < -0.3 is 24.6 Å². The summed E-state index contributed by atoms with van der Waals surface area (Å²) in [6.07, 6.45) is -0.576. The summed E-state index contributed by atoms with van der Waals surface area (Å²) in [5.41, 5.74) is -0.558. The van der Waals surface area contributed by atoms with Crippen molar-refractivity contribution in [1.29, 1.82) is 0 Å². The van der Waals surface area contributed by atoms with Gasteiger partial charge in [0.25, 0.3) is 0 Å². The van der Waals surface area contributed by atoms with Crippen LogP contribution in [0.15, 0.2) is 0 Å². The highest BCUT2D eigenvalue weighted by Gasteiger charge is 2.19. The van der Waals surface area contributed by atoms with Crippen molar-refractivity contribution in [1.82, 2.24) is 5.32 Å². The van der Waals surface area contributed by atoms with E-state index in [1.165, 1.54) is 7.11 Å². The van der Waals surface area contributed by atoms with Crippen molar-refractivity contribution in [3.05, 3.63) is 0 Å². The lowest BCUT2D eigenvalue weighted by molar-refractivity contribution is -0.0432. The summed E-state index contributed by atoms with van der Waals surface area (Å²) in [6, 6.07) is -0.495. The largest absolute Gasteiger partial charge is 0.444 e. The van der Waals surface area contributed by atoms with Crippen LogP contribution in [0.5, 0.6) is 0 Å². The van der Waals surface area contributed by atoms with Crippen LogP contribution in [0.25, 0.3) is 0 Å². The molecule has 0 radical (unpaired) electrons. The van der Waals surface area contributed by atoms with E-state index in [-0.39, 0.29) is 20.0 Å². The van der Waals surface area contributed by atoms with Gasteiger partial charge in [-0.3, -0.25) is 0 Å². The Balaban J connectivity index is 3.88. The average Bonchev–Trinajstić information content (AvgIpc) is 2.13. The zero-order chi connectivity index (χ0) is 12.6. The SMILES string of the molecule is COCOC[C@H](CO)NC(=O)OC(C)(C)C. The number of ether oxygens (including phenoxy) is 3. The minimum atomic E-state index is -0.576. The van der Waals surface area contributed by atoms with Crippen LogP contribution in [-0.4, -0.2) is 50.0 Å². The van der Waals surface area contributed by atoms with Crippen LogP contribution in [0.1, 0.15) is 20.8 Å². The fourth-order valence-corrected chi connectivity index (χ4v) is 0.888. The summed E-state index contributed by atoms with van der Waals surface area (Å²) in [5, 5.41) is 11.5. The number of hydrogen-bond donors (Lipinski definition) is 2. The first-order chi connectivity index (χ1) is 7.39. The Morgan fingerprint density at radius 3 is 2.50 bits per heavy atom. The molecule has 0 heterocycles. The Kier molecular flexibility index (Phi) is 7.03. The second-order valence-electron chi connectivity index (χ2n) is 4.30. The molecule has 0 aliphatic heterocycles. The van der Waals surface area contributed by atoms with E-state index in [0.29, 0.717) is 0 Å². The number of methoxy groups -OCH3 is 1. The molecule has 0 fully saturated rings. The van der Waals surface area contributed by atoms with Crippen LogP contribution < -0.4 is 5.32 Å². The molecule has 0 saturated carbocycles. The van der Waals surface area contributed by atoms with Crippen molar-refractivity contribution < 1.29 is 24.1 Å². The normalized spacial score (nSPS) is 13.3. The summed E-state index contributed by atoms with van der Waals surface area (Å²) in [4.78, 5) is 11.3. The van der Waals surface area contributed by atoms with Crippen molar-refractivity contribution in [2.45, 2.75) is 32.4 Å². The van der Waals surface area contributed by atoms with Crippen LogP contribution in [0.2, 0.25) is 0 Å². The van der Waals surface area contributed by atoms with Gasteiger partial charge in [-0.25, -0.2) is 4.79 Å². The van der Waals surface area contributed by atoms with Gasteiger partial charge in [0.1, 0.15) is 12.4 Å². The maximum atomic E-state index is 11.3. The summed E-state index contributed by atoms with van der Waals surface area (Å²) in [6.45, 7) is 5.37. The smallest absolute Gasteiger partial charge is 0.408 e. The fourth-order valence-electron chi connectivity index (χ4n) is 0.888. The number of aliphatic hydroxyl groups is 1. The zero-order valence-electron chi connectivity index (χ0n) is 10.3. The zero-order valence-corrected chi connectivity index (χ0v) is 10.3. The van der Waals surface area contributed by atoms with Gasteiger partial charge in [0.05, 0.1) is 19.3 Å². The van der Waals surface area contributed by atoms with Crippen molar-refractivity contribution in [3.8, 4) is 0 Å². The first-order valence-electron chi connectivity index (χ1n) is 5.06. The van der Waals surface area contributed by atoms with Crippen LogP contribution >= 0.6 is 0 Å². The Labute approximate surface area is 95.9 Å². The summed E-state index contributed by atoms with van der Waals surface area (Å²) in [5.74, 6) is 0. The first kappa shape index (κ1) is 15.2. The monoisotopic (exact) mass is 235 g/mol. The van der Waals surface area contributed by atoms with E-state index in [1.807, 2.05) is 0 Å². The minimum absolute atomic E-state index is 0.118. The Morgan fingerprint density at radius 2 is 2.06 bits per heavy atom. The Bertz CT molecular complexity index is 202. The topological polar surface area (TPSA) is 77.0 Å². The van der Waals surface area contributed by atoms with E-state index in [0.717, 1.165) is 0 Å². The second-order valence-corrected chi connectivity index (χ2v) is 4.30. The number of nitrogens with one attached hydrogen (secondary N) is 1. The summed E-state index contributed by atoms with van der Waals surface area (Å²) >= 11 is 0. The number of carbonyl (C=O) groups excluding carboxylic acids is 1. The van der Waals surface area contributed by atoms with E-state index >= 15 is 0 Å². The highest BCUT2D eigenvalue weighted by Crippen LogP contribution is 2.06. The number of hydrogen-bond acceptors (Lipinski definition) is 5. The third-order valence-electron chi connectivity index (χ3n) is 1.46. The molecule has 0 unspecified atom stereocenters. The van der Waals surface area contributed by atoms with Gasteiger partial charge >= 0.3 is 6.09 Å². The molecule has 0 bridgehead atoms. The maximum absolute atomic E-state index is 11.3. The lowest BCUT2D eigenvalue weighted by Gasteiger charge is -2.22. The van der Waals surface area contributed by atoms with Crippen LogP contribution in [-0.2, 0) is 14.2 Å². The Hall–Kier alpha value is -0.850. The third kappa shape index (κ3) is 8.46. The number of rotatable bonds is 6. The van der Waals surface area contributed by atoms with Gasteiger partial charge in [0.2, 0.25) is 0 Å². The first-order valence-corrected chi connectivity index (χ1v) is 5.06. The molecule has 0 spiro atoms. The van der Waals surface area contributed by atoms with Gasteiger partial charge in [-0.2, -0.15) is 0 Å². The van der Waals surface area contributed by atoms with Gasteiger partial charge in [0, 0.05) is 7.11 Å². The van der Waals surface area contributed by atoms with Crippen LogP contribution in [0.3, 0.4) is 0 Å². The van der Waals surface area contributed by atoms with E-state index < -0.39 is 17.7 Å². The third-order valence-corrected chi connectivity index (χ3v) is 1.46. The molecule has 1 amide bonds. The number of aliphatic hydroxyl groups excluding tert-OH is 1. The molecule has 0 aromatic rings. The lowest BCUT2D eigenvalue weighted by atomic mass is 10.2. The van der Waals surface area contributed by atoms with Crippen molar-refractivity contribution in [3.63, 3.8) is 0 Å². The van der Waals surface area contributed by atoms with E-state index in [4.69, 9.17) is 14.6 Å². The van der Waals surface area contributed by atoms with Crippen molar-refractivity contribution in [2.75, 3.05) is 27.1 Å². The molecule has 0 aromatic heterocycles. The molecule has 1 atom stereocenters. The summed E-state index contributed by atoms with van der Waals surface area (Å²) < 4.78 is 14.7. The van der Waals surface area contributed by atoms with E-state index in [1.54, 1.807) is 20.8 Å². The number of carbonyl (C=O) groups is 1. The van der Waals surface area contributed by atoms with Crippen molar-refractivity contribution >= 4 is 6.09 Å². The number of amides is 1. The molecule has 6 heteroatoms. The maximum Gasteiger partial charge on any atom is 0.408 e. The average molecular weight is 235 g/mol.